The molecule has 0 bridgehead atoms. The van der Waals surface area contributed by atoms with Gasteiger partial charge >= 0.3 is 22.8 Å². The van der Waals surface area contributed by atoms with Crippen molar-refractivity contribution >= 4 is 43.9 Å². The van der Waals surface area contributed by atoms with Crippen LogP contribution in [-0.4, -0.2) is 56.5 Å². The van der Waals surface area contributed by atoms with Crippen LogP contribution in [0.4, 0.5) is 0 Å². The average molecular weight is 877 g/mol. The molecule has 336 valence electrons. The Labute approximate surface area is 364 Å². The van der Waals surface area contributed by atoms with Gasteiger partial charge in [0.15, 0.2) is 5.52 Å². The van der Waals surface area contributed by atoms with Crippen molar-refractivity contribution in [3.63, 3.8) is 0 Å². The molecule has 8 rings (SSSR count). The summed E-state index contributed by atoms with van der Waals surface area (Å²) >= 11 is 0. The number of fused-ring (bicyclic) bond motifs is 4. The van der Waals surface area contributed by atoms with Crippen LogP contribution in [0.5, 0.6) is 0 Å². The Morgan fingerprint density at radius 2 is 0.812 bits per heavy atom. The van der Waals surface area contributed by atoms with Gasteiger partial charge in [-0.25, -0.2) is 29.1 Å². The fourth-order valence-corrected chi connectivity index (χ4v) is 7.06. The molecule has 0 saturated carbocycles. The van der Waals surface area contributed by atoms with Crippen LogP contribution in [-0.2, 0) is 28.2 Å². The number of aryl methyl sites for hydroxylation is 4. The van der Waals surface area contributed by atoms with Crippen molar-refractivity contribution in [2.45, 2.75) is 79.6 Å². The maximum Gasteiger partial charge on any atom is 0.332 e. The number of hydrogen-bond donors (Lipinski definition) is 0. The Hall–Kier alpha value is -7.64. The lowest BCUT2D eigenvalue weighted by Gasteiger charge is -2.12. The predicted molar refractivity (Wildman–Crippen MR) is 247 cm³/mol. The monoisotopic (exact) mass is 876 g/mol. The van der Waals surface area contributed by atoms with E-state index in [0.29, 0.717) is 43.9 Å². The second-order valence-corrected chi connectivity index (χ2v) is 16.0. The molecule has 0 aliphatic heterocycles. The minimum absolute atomic E-state index is 0.149. The van der Waals surface area contributed by atoms with Crippen LogP contribution < -0.4 is 45.0 Å². The summed E-state index contributed by atoms with van der Waals surface area (Å²) in [6, 6.07) is 9.48. The van der Waals surface area contributed by atoms with Crippen molar-refractivity contribution in [2.24, 2.45) is 28.2 Å². The van der Waals surface area contributed by atoms with Gasteiger partial charge in [0, 0.05) is 83.3 Å². The molecule has 0 fully saturated rings. The summed E-state index contributed by atoms with van der Waals surface area (Å²) in [5.74, 6) is 0. The van der Waals surface area contributed by atoms with Gasteiger partial charge < -0.3 is 0 Å². The Balaban J connectivity index is 0.000000161. The topological polar surface area (TPSA) is 228 Å². The first-order valence-electron chi connectivity index (χ1n) is 20.4. The van der Waals surface area contributed by atoms with Gasteiger partial charge in [0.25, 0.3) is 22.2 Å². The summed E-state index contributed by atoms with van der Waals surface area (Å²) in [4.78, 5) is 112. The minimum atomic E-state index is -0.328. The van der Waals surface area contributed by atoms with Crippen LogP contribution in [0.15, 0.2) is 112 Å². The van der Waals surface area contributed by atoms with Gasteiger partial charge in [-0.2, -0.15) is 0 Å². The SMILES string of the molecule is CC(C)n1c(=O)c2cccnc2n(C)c1=O.CC(C)n1c(=O)c2ccncc2n(C)c1=O.CC(C)n1c(=O)c2cnccc2n(C)c1=O.CC(C)n1c(=O)c2ncccc2n(C)c1=O. The van der Waals surface area contributed by atoms with Gasteiger partial charge in [-0.05, 0) is 91.8 Å². The first-order chi connectivity index (χ1) is 30.1. The van der Waals surface area contributed by atoms with Crippen LogP contribution in [0.25, 0.3) is 43.9 Å². The maximum absolute atomic E-state index is 12.1. The van der Waals surface area contributed by atoms with Crippen molar-refractivity contribution in [3.8, 4) is 0 Å². The molecule has 20 heteroatoms. The summed E-state index contributed by atoms with van der Waals surface area (Å²) in [6.07, 6.45) is 9.28. The third-order valence-electron chi connectivity index (χ3n) is 10.4. The second-order valence-electron chi connectivity index (χ2n) is 16.0. The normalized spacial score (nSPS) is 11.2. The molecular formula is C44H52N12O8. The molecule has 0 unspecified atom stereocenters. The molecular weight excluding hydrogens is 825 g/mol. The standard InChI is InChI=1S/4C11H13N3O2/c1-7(2)14-10(15)8-6-12-5-4-9(8)13(3)11(14)16;1-7(2)14-10(15)8-4-5-12-6-9(8)13(3)11(14)16;1-7(2)14-10(15)9-8(5-4-6-12-9)13(3)11(14)16;1-7(2)14-10(15)8-5-4-6-12-9(8)13(3)11(14)16/h4*4-7H,1-3H3. The fraction of sp³-hybridized carbons (Fsp3) is 0.364. The first-order valence-corrected chi connectivity index (χ1v) is 20.4. The van der Waals surface area contributed by atoms with E-state index in [4.69, 9.17) is 0 Å². The Morgan fingerprint density at radius 1 is 0.391 bits per heavy atom. The van der Waals surface area contributed by atoms with E-state index in [1.165, 1.54) is 48.9 Å². The Bertz CT molecular complexity index is 3080. The molecule has 0 aliphatic carbocycles. The first kappa shape index (κ1) is 47.4. The van der Waals surface area contributed by atoms with E-state index >= 15 is 0 Å². The maximum atomic E-state index is 12.1. The molecule has 0 aliphatic rings. The summed E-state index contributed by atoms with van der Waals surface area (Å²) < 4.78 is 10.7. The van der Waals surface area contributed by atoms with Crippen LogP contribution in [0, 0.1) is 0 Å². The smallest absolute Gasteiger partial charge is 0.296 e. The highest BCUT2D eigenvalue weighted by Gasteiger charge is 2.16. The van der Waals surface area contributed by atoms with Crippen molar-refractivity contribution in [1.82, 2.24) is 56.5 Å². The van der Waals surface area contributed by atoms with E-state index in [0.717, 1.165) is 0 Å². The predicted octanol–water partition coefficient (Wildman–Crippen LogP) is 2.70. The highest BCUT2D eigenvalue weighted by molar-refractivity contribution is 5.77. The Kier molecular flexibility index (Phi) is 14.2. The summed E-state index contributed by atoms with van der Waals surface area (Å²) in [5, 5.41) is 1.46. The van der Waals surface area contributed by atoms with E-state index < -0.39 is 0 Å². The minimum Gasteiger partial charge on any atom is -0.296 e. The largest absolute Gasteiger partial charge is 0.332 e. The molecule has 20 nitrogen and oxygen atoms in total. The van der Waals surface area contributed by atoms with Crippen LogP contribution >= 0.6 is 0 Å². The van der Waals surface area contributed by atoms with Crippen LogP contribution in [0.2, 0.25) is 0 Å². The highest BCUT2D eigenvalue weighted by atomic mass is 16.2. The van der Waals surface area contributed by atoms with Gasteiger partial charge in [-0.1, -0.05) is 0 Å². The summed E-state index contributed by atoms with van der Waals surface area (Å²) in [6.45, 7) is 14.5. The van der Waals surface area contributed by atoms with Crippen molar-refractivity contribution in [1.29, 1.82) is 0 Å². The molecule has 0 radical (unpaired) electrons. The zero-order valence-corrected chi connectivity index (χ0v) is 37.9. The van der Waals surface area contributed by atoms with Crippen molar-refractivity contribution in [2.75, 3.05) is 0 Å². The fourth-order valence-electron chi connectivity index (χ4n) is 7.06. The highest BCUT2D eigenvalue weighted by Crippen LogP contribution is 2.09. The van der Waals surface area contributed by atoms with Gasteiger partial charge in [-0.3, -0.25) is 65.7 Å². The van der Waals surface area contributed by atoms with Gasteiger partial charge in [0.2, 0.25) is 0 Å². The molecule has 8 aromatic rings. The number of pyridine rings is 4. The van der Waals surface area contributed by atoms with Crippen LogP contribution in [0.3, 0.4) is 0 Å². The molecule has 0 amide bonds. The molecule has 0 atom stereocenters. The lowest BCUT2D eigenvalue weighted by Crippen LogP contribution is -2.40. The molecule has 0 N–H and O–H groups in total. The average Bonchev–Trinajstić information content (AvgIpc) is 3.26. The molecule has 64 heavy (non-hydrogen) atoms. The lowest BCUT2D eigenvalue weighted by molar-refractivity contribution is 0.531. The lowest BCUT2D eigenvalue weighted by atomic mass is 10.3. The van der Waals surface area contributed by atoms with E-state index in [1.54, 1.807) is 103 Å². The van der Waals surface area contributed by atoms with Gasteiger partial charge in [0.05, 0.1) is 38.9 Å². The third-order valence-corrected chi connectivity index (χ3v) is 10.4. The third kappa shape index (κ3) is 8.83. The van der Waals surface area contributed by atoms with E-state index in [9.17, 15) is 38.4 Å². The van der Waals surface area contributed by atoms with E-state index in [-0.39, 0.29) is 69.2 Å². The molecule has 8 heterocycles. The number of nitrogens with zero attached hydrogens (tertiary/aromatic N) is 12. The van der Waals surface area contributed by atoms with E-state index in [1.807, 2.05) is 41.5 Å². The number of hydrogen-bond acceptors (Lipinski definition) is 12. The zero-order valence-electron chi connectivity index (χ0n) is 37.9. The zero-order chi connectivity index (χ0) is 47.5. The number of aromatic nitrogens is 12. The molecule has 0 saturated heterocycles. The molecule has 0 spiro atoms. The Morgan fingerprint density at radius 3 is 1.38 bits per heavy atom. The summed E-state index contributed by atoms with van der Waals surface area (Å²) in [5.41, 5.74) is 0.135. The van der Waals surface area contributed by atoms with E-state index in [2.05, 4.69) is 19.9 Å². The van der Waals surface area contributed by atoms with Gasteiger partial charge in [-0.15, -0.1) is 0 Å². The van der Waals surface area contributed by atoms with Crippen LogP contribution in [0.1, 0.15) is 79.6 Å². The van der Waals surface area contributed by atoms with Gasteiger partial charge in [0.1, 0.15) is 5.65 Å². The molecule has 0 aromatic carbocycles. The summed E-state index contributed by atoms with van der Waals surface area (Å²) in [7, 11) is 6.56. The van der Waals surface area contributed by atoms with Crippen molar-refractivity contribution < 1.29 is 0 Å². The molecule has 8 aromatic heterocycles. The number of rotatable bonds is 4. The quantitative estimate of drug-likeness (QED) is 0.249. The van der Waals surface area contributed by atoms with Crippen molar-refractivity contribution in [3.05, 3.63) is 157 Å². The second kappa shape index (κ2) is 19.2.